The summed E-state index contributed by atoms with van der Waals surface area (Å²) in [6.07, 6.45) is 6.34. The van der Waals surface area contributed by atoms with E-state index in [1.54, 1.807) is 0 Å². The van der Waals surface area contributed by atoms with E-state index >= 15 is 0 Å². The third-order valence-corrected chi connectivity index (χ3v) is 4.62. The van der Waals surface area contributed by atoms with Gasteiger partial charge in [0, 0.05) is 19.6 Å². The van der Waals surface area contributed by atoms with Crippen LogP contribution in [0.2, 0.25) is 0 Å². The highest BCUT2D eigenvalue weighted by atomic mass is 127. The fourth-order valence-corrected chi connectivity index (χ4v) is 2.90. The zero-order chi connectivity index (χ0) is 16.6. The molecular weight excluding hydrogens is 399 g/mol. The smallest absolute Gasteiger partial charge is 0.191 e. The van der Waals surface area contributed by atoms with Crippen molar-refractivity contribution in [2.75, 3.05) is 33.7 Å². The molecule has 1 aliphatic heterocycles. The van der Waals surface area contributed by atoms with Crippen LogP contribution in [0.1, 0.15) is 59.8 Å². The Morgan fingerprint density at radius 3 is 2.39 bits per heavy atom. The highest BCUT2D eigenvalue weighted by Crippen LogP contribution is 2.21. The van der Waals surface area contributed by atoms with Crippen molar-refractivity contribution in [2.45, 2.75) is 65.8 Å². The van der Waals surface area contributed by atoms with E-state index in [-0.39, 0.29) is 24.0 Å². The number of aliphatic imine (C=N–C) groups is 1. The summed E-state index contributed by atoms with van der Waals surface area (Å²) >= 11 is 0. The van der Waals surface area contributed by atoms with Crippen molar-refractivity contribution >= 4 is 29.9 Å². The number of halogens is 1. The largest absolute Gasteiger partial charge is 0.356 e. The summed E-state index contributed by atoms with van der Waals surface area (Å²) in [6, 6.07) is 0.466. The van der Waals surface area contributed by atoms with Gasteiger partial charge in [-0.15, -0.1) is 24.0 Å². The van der Waals surface area contributed by atoms with Crippen molar-refractivity contribution in [3.05, 3.63) is 0 Å². The molecule has 0 aromatic carbocycles. The lowest BCUT2D eigenvalue weighted by Crippen LogP contribution is -2.43. The molecule has 1 unspecified atom stereocenters. The molecule has 1 rings (SSSR count). The zero-order valence-corrected chi connectivity index (χ0v) is 18.4. The average Bonchev–Trinajstić information content (AvgIpc) is 2.45. The van der Waals surface area contributed by atoms with Gasteiger partial charge in [-0.05, 0) is 70.5 Å². The summed E-state index contributed by atoms with van der Waals surface area (Å²) in [5, 5.41) is 7.00. The number of nitrogens with zero attached hydrogens (tertiary/aromatic N) is 2. The number of guanidine groups is 1. The van der Waals surface area contributed by atoms with Crippen molar-refractivity contribution in [3.63, 3.8) is 0 Å². The first-order chi connectivity index (χ1) is 10.3. The number of hydrogen-bond acceptors (Lipinski definition) is 2. The molecule has 1 aliphatic rings. The lowest BCUT2D eigenvalue weighted by atomic mass is 9.89. The summed E-state index contributed by atoms with van der Waals surface area (Å²) in [6.45, 7) is 12.7. The Morgan fingerprint density at radius 2 is 1.87 bits per heavy atom. The first-order valence-corrected chi connectivity index (χ1v) is 8.96. The number of rotatable bonds is 6. The monoisotopic (exact) mass is 438 g/mol. The summed E-state index contributed by atoms with van der Waals surface area (Å²) < 4.78 is 0. The molecule has 0 bridgehead atoms. The van der Waals surface area contributed by atoms with E-state index in [0.29, 0.717) is 11.5 Å². The van der Waals surface area contributed by atoms with Gasteiger partial charge in [0.1, 0.15) is 0 Å². The van der Waals surface area contributed by atoms with Gasteiger partial charge in [-0.2, -0.15) is 0 Å². The molecule has 2 N–H and O–H groups in total. The second kappa shape index (κ2) is 11.5. The first kappa shape index (κ1) is 23.0. The molecule has 1 heterocycles. The molecule has 23 heavy (non-hydrogen) atoms. The van der Waals surface area contributed by atoms with Gasteiger partial charge >= 0.3 is 0 Å². The van der Waals surface area contributed by atoms with Gasteiger partial charge in [0.05, 0.1) is 0 Å². The lowest BCUT2D eigenvalue weighted by molar-refractivity contribution is 0.213. The average molecular weight is 438 g/mol. The highest BCUT2D eigenvalue weighted by Gasteiger charge is 2.16. The Kier molecular flexibility index (Phi) is 11.5. The predicted octanol–water partition coefficient (Wildman–Crippen LogP) is 3.72. The number of likely N-dealkylation sites (tertiary alicyclic amines) is 1. The van der Waals surface area contributed by atoms with Gasteiger partial charge in [0.2, 0.25) is 0 Å². The molecule has 4 nitrogen and oxygen atoms in total. The van der Waals surface area contributed by atoms with Crippen molar-refractivity contribution in [2.24, 2.45) is 16.3 Å². The molecule has 1 fully saturated rings. The Balaban J connectivity index is 0.00000484. The van der Waals surface area contributed by atoms with Gasteiger partial charge in [-0.3, -0.25) is 4.99 Å². The molecule has 0 amide bonds. The molecule has 0 saturated carbocycles. The van der Waals surface area contributed by atoms with Gasteiger partial charge in [0.15, 0.2) is 5.96 Å². The van der Waals surface area contributed by atoms with E-state index in [2.05, 4.69) is 55.3 Å². The fraction of sp³-hybridized carbons (Fsp3) is 0.944. The predicted molar refractivity (Wildman–Crippen MR) is 113 cm³/mol. The van der Waals surface area contributed by atoms with Gasteiger partial charge < -0.3 is 15.5 Å². The molecule has 1 saturated heterocycles. The first-order valence-electron chi connectivity index (χ1n) is 8.96. The molecule has 0 radical (unpaired) electrons. The van der Waals surface area contributed by atoms with Crippen molar-refractivity contribution in [1.82, 2.24) is 15.5 Å². The van der Waals surface area contributed by atoms with Crippen molar-refractivity contribution in [1.29, 1.82) is 0 Å². The summed E-state index contributed by atoms with van der Waals surface area (Å²) in [7, 11) is 4.08. The fourth-order valence-electron chi connectivity index (χ4n) is 2.90. The van der Waals surface area contributed by atoms with Crippen LogP contribution in [-0.4, -0.2) is 50.6 Å². The highest BCUT2D eigenvalue weighted by molar-refractivity contribution is 14.0. The molecule has 1 atom stereocenters. The van der Waals surface area contributed by atoms with E-state index in [9.17, 15) is 0 Å². The van der Waals surface area contributed by atoms with Crippen LogP contribution in [0.5, 0.6) is 0 Å². The van der Waals surface area contributed by atoms with Crippen LogP contribution >= 0.6 is 24.0 Å². The Morgan fingerprint density at radius 1 is 1.26 bits per heavy atom. The van der Waals surface area contributed by atoms with Crippen LogP contribution in [0.4, 0.5) is 0 Å². The minimum atomic E-state index is 0. The maximum absolute atomic E-state index is 4.35. The van der Waals surface area contributed by atoms with E-state index in [1.165, 1.54) is 45.2 Å². The summed E-state index contributed by atoms with van der Waals surface area (Å²) in [5.41, 5.74) is 0.404. The van der Waals surface area contributed by atoms with E-state index in [1.807, 2.05) is 7.05 Å². The van der Waals surface area contributed by atoms with Gasteiger partial charge in [0.25, 0.3) is 0 Å². The van der Waals surface area contributed by atoms with Crippen LogP contribution in [-0.2, 0) is 0 Å². The number of hydrogen-bond donors (Lipinski definition) is 2. The molecule has 0 aromatic heterocycles. The van der Waals surface area contributed by atoms with E-state index in [0.717, 1.165) is 18.4 Å². The van der Waals surface area contributed by atoms with E-state index in [4.69, 9.17) is 0 Å². The van der Waals surface area contributed by atoms with Gasteiger partial charge in [-0.1, -0.05) is 20.8 Å². The zero-order valence-electron chi connectivity index (χ0n) is 16.1. The Labute approximate surface area is 161 Å². The van der Waals surface area contributed by atoms with Gasteiger partial charge in [-0.25, -0.2) is 0 Å². The maximum Gasteiger partial charge on any atom is 0.191 e. The normalized spacial score (nSPS) is 19.1. The second-order valence-electron chi connectivity index (χ2n) is 8.18. The third kappa shape index (κ3) is 11.2. The standard InChI is InChI=1S/C18H38N4.HI/c1-15(7-11-18(2,3)4)21-17(19-5)20-12-8-16-9-13-22(6)14-10-16;/h15-16H,7-14H2,1-6H3,(H2,19,20,21);1H. The minimum absolute atomic E-state index is 0. The quantitative estimate of drug-likeness (QED) is 0.377. The molecule has 5 heteroatoms. The lowest BCUT2D eigenvalue weighted by Gasteiger charge is -2.29. The molecule has 0 aliphatic carbocycles. The Hall–Kier alpha value is -0.0400. The Bertz CT molecular complexity index is 330. The number of piperidine rings is 1. The SMILES string of the molecule is CN=C(NCCC1CCN(C)CC1)NC(C)CCC(C)(C)C.I. The maximum atomic E-state index is 4.35. The molecular formula is C18H39IN4. The third-order valence-electron chi connectivity index (χ3n) is 4.62. The number of nitrogens with one attached hydrogen (secondary N) is 2. The van der Waals surface area contributed by atoms with Crippen LogP contribution in [0.25, 0.3) is 0 Å². The summed E-state index contributed by atoms with van der Waals surface area (Å²) in [5.74, 6) is 1.83. The van der Waals surface area contributed by atoms with Crippen LogP contribution in [0.15, 0.2) is 4.99 Å². The summed E-state index contributed by atoms with van der Waals surface area (Å²) in [4.78, 5) is 6.79. The van der Waals surface area contributed by atoms with Crippen LogP contribution in [0.3, 0.4) is 0 Å². The molecule has 138 valence electrons. The van der Waals surface area contributed by atoms with E-state index < -0.39 is 0 Å². The van der Waals surface area contributed by atoms with Crippen LogP contribution < -0.4 is 10.6 Å². The topological polar surface area (TPSA) is 39.7 Å². The van der Waals surface area contributed by atoms with Crippen LogP contribution in [0, 0.1) is 11.3 Å². The second-order valence-corrected chi connectivity index (χ2v) is 8.18. The minimum Gasteiger partial charge on any atom is -0.356 e. The van der Waals surface area contributed by atoms with Crippen molar-refractivity contribution in [3.8, 4) is 0 Å². The molecule has 0 aromatic rings. The molecule has 0 spiro atoms. The van der Waals surface area contributed by atoms with Crippen molar-refractivity contribution < 1.29 is 0 Å².